The second-order valence-electron chi connectivity index (χ2n) is 7.08. The van der Waals surface area contributed by atoms with E-state index in [0.29, 0.717) is 25.6 Å². The molecule has 2 unspecified atom stereocenters. The van der Waals surface area contributed by atoms with Gasteiger partial charge in [0.2, 0.25) is 5.91 Å². The zero-order chi connectivity index (χ0) is 16.2. The molecule has 1 saturated carbocycles. The third kappa shape index (κ3) is 4.55. The smallest absolute Gasteiger partial charge is 0.222 e. The number of β-amino-alcohol motifs (C(OH)–C–C–N with tert-alkyl or cyclic N) is 1. The lowest BCUT2D eigenvalue weighted by Gasteiger charge is -2.32. The molecule has 0 aromatic heterocycles. The Labute approximate surface area is 139 Å². The molecule has 1 aliphatic heterocycles. The molecule has 4 heteroatoms. The number of carbonyl (C=O) groups excluding carboxylic acids is 1. The third-order valence-electron chi connectivity index (χ3n) is 5.07. The summed E-state index contributed by atoms with van der Waals surface area (Å²) in [6.07, 6.45) is 3.70. The fourth-order valence-electron chi connectivity index (χ4n) is 3.45. The molecule has 2 fully saturated rings. The molecule has 2 aliphatic rings. The average molecular weight is 316 g/mol. The van der Waals surface area contributed by atoms with Crippen molar-refractivity contribution < 1.29 is 9.90 Å². The molecule has 0 radical (unpaired) electrons. The number of aliphatic hydroxyl groups is 1. The first kappa shape index (κ1) is 16.5. The number of carbonyl (C=O) groups is 1. The van der Waals surface area contributed by atoms with Crippen molar-refractivity contribution in [3.05, 3.63) is 35.9 Å². The Balaban J connectivity index is 1.60. The molecule has 1 N–H and O–H groups in total. The van der Waals surface area contributed by atoms with Crippen LogP contribution in [0.25, 0.3) is 0 Å². The number of aliphatic hydroxyl groups excluding tert-OH is 1. The van der Waals surface area contributed by atoms with Crippen LogP contribution in [-0.4, -0.2) is 53.1 Å². The molecule has 0 bridgehead atoms. The summed E-state index contributed by atoms with van der Waals surface area (Å²) in [6.45, 7) is 5.16. The van der Waals surface area contributed by atoms with Gasteiger partial charge in [0.05, 0.1) is 6.10 Å². The molecule has 4 nitrogen and oxygen atoms in total. The maximum atomic E-state index is 11.7. The highest BCUT2D eigenvalue weighted by Crippen LogP contribution is 2.32. The van der Waals surface area contributed by atoms with Crippen LogP contribution in [0.4, 0.5) is 0 Å². The monoisotopic (exact) mass is 316 g/mol. The minimum absolute atomic E-state index is 0.189. The van der Waals surface area contributed by atoms with Crippen molar-refractivity contribution in [1.82, 2.24) is 9.80 Å². The second-order valence-corrected chi connectivity index (χ2v) is 7.08. The van der Waals surface area contributed by atoms with Crippen molar-refractivity contribution in [2.45, 2.75) is 44.8 Å². The molecule has 1 aromatic rings. The molecular formula is C19H28N2O2. The quantitative estimate of drug-likeness (QED) is 0.801. The van der Waals surface area contributed by atoms with Crippen LogP contribution < -0.4 is 0 Å². The largest absolute Gasteiger partial charge is 0.390 e. The van der Waals surface area contributed by atoms with Crippen molar-refractivity contribution in [3.63, 3.8) is 0 Å². The molecule has 23 heavy (non-hydrogen) atoms. The molecule has 0 spiro atoms. The number of rotatable bonds is 8. The lowest BCUT2D eigenvalue weighted by Crippen LogP contribution is -2.42. The van der Waals surface area contributed by atoms with Crippen LogP contribution in [0.1, 0.15) is 44.2 Å². The second kappa shape index (κ2) is 7.45. The minimum atomic E-state index is -0.470. The van der Waals surface area contributed by atoms with Crippen LogP contribution in [0.15, 0.2) is 30.3 Å². The van der Waals surface area contributed by atoms with Gasteiger partial charge in [0.15, 0.2) is 0 Å². The summed E-state index contributed by atoms with van der Waals surface area (Å²) in [6, 6.07) is 10.8. The zero-order valence-corrected chi connectivity index (χ0v) is 14.0. The number of likely N-dealkylation sites (tertiary alicyclic amines) is 1. The van der Waals surface area contributed by atoms with Gasteiger partial charge in [-0.05, 0) is 37.7 Å². The Morgan fingerprint density at radius 1 is 1.30 bits per heavy atom. The average Bonchev–Trinajstić information content (AvgIpc) is 3.29. The van der Waals surface area contributed by atoms with Crippen LogP contribution >= 0.6 is 0 Å². The maximum Gasteiger partial charge on any atom is 0.222 e. The molecule has 1 amide bonds. The summed E-state index contributed by atoms with van der Waals surface area (Å²) in [5.41, 5.74) is 1.29. The molecule has 1 aromatic carbocycles. The van der Waals surface area contributed by atoms with Gasteiger partial charge in [-0.1, -0.05) is 30.3 Å². The van der Waals surface area contributed by atoms with E-state index in [9.17, 15) is 9.90 Å². The molecule has 1 heterocycles. The van der Waals surface area contributed by atoms with Crippen molar-refractivity contribution in [2.24, 2.45) is 5.92 Å². The number of amides is 1. The summed E-state index contributed by atoms with van der Waals surface area (Å²) in [5, 5.41) is 10.5. The Morgan fingerprint density at radius 2 is 2.04 bits per heavy atom. The van der Waals surface area contributed by atoms with Gasteiger partial charge in [0, 0.05) is 38.6 Å². The van der Waals surface area contributed by atoms with E-state index in [2.05, 4.69) is 36.1 Å². The highest BCUT2D eigenvalue weighted by atomic mass is 16.3. The molecular weight excluding hydrogens is 288 g/mol. The van der Waals surface area contributed by atoms with Crippen molar-refractivity contribution >= 4 is 5.91 Å². The van der Waals surface area contributed by atoms with Crippen molar-refractivity contribution in [2.75, 3.05) is 26.2 Å². The molecule has 126 valence electrons. The lowest BCUT2D eigenvalue weighted by molar-refractivity contribution is -0.129. The third-order valence-corrected chi connectivity index (χ3v) is 5.07. The predicted molar refractivity (Wildman–Crippen MR) is 91.0 cm³/mol. The van der Waals surface area contributed by atoms with E-state index in [0.717, 1.165) is 25.4 Å². The Kier molecular flexibility index (Phi) is 5.34. The van der Waals surface area contributed by atoms with E-state index >= 15 is 0 Å². The predicted octanol–water partition coefficient (Wildman–Crippen LogP) is 2.44. The minimum Gasteiger partial charge on any atom is -0.390 e. The van der Waals surface area contributed by atoms with Gasteiger partial charge < -0.3 is 10.0 Å². The van der Waals surface area contributed by atoms with E-state index in [4.69, 9.17) is 0 Å². The van der Waals surface area contributed by atoms with Crippen LogP contribution in [0.3, 0.4) is 0 Å². The number of hydrogen-bond acceptors (Lipinski definition) is 3. The van der Waals surface area contributed by atoms with Crippen LogP contribution in [0, 0.1) is 5.92 Å². The first-order valence-corrected chi connectivity index (χ1v) is 8.88. The molecule has 3 rings (SSSR count). The van der Waals surface area contributed by atoms with E-state index < -0.39 is 6.10 Å². The van der Waals surface area contributed by atoms with Gasteiger partial charge in [-0.25, -0.2) is 0 Å². The highest BCUT2D eigenvalue weighted by Gasteiger charge is 2.29. The number of nitrogens with zero attached hydrogens (tertiary/aromatic N) is 2. The van der Waals surface area contributed by atoms with E-state index in [-0.39, 0.29) is 5.91 Å². The lowest BCUT2D eigenvalue weighted by atomic mass is 10.1. The van der Waals surface area contributed by atoms with Crippen LogP contribution in [0.5, 0.6) is 0 Å². The van der Waals surface area contributed by atoms with E-state index in [1.165, 1.54) is 18.4 Å². The van der Waals surface area contributed by atoms with Gasteiger partial charge in [-0.15, -0.1) is 0 Å². The van der Waals surface area contributed by atoms with Gasteiger partial charge in [0.1, 0.15) is 0 Å². The van der Waals surface area contributed by atoms with Crippen molar-refractivity contribution in [1.29, 1.82) is 0 Å². The zero-order valence-electron chi connectivity index (χ0n) is 14.0. The Hall–Kier alpha value is -1.39. The maximum absolute atomic E-state index is 11.7. The normalized spacial score (nSPS) is 21.0. The summed E-state index contributed by atoms with van der Waals surface area (Å²) >= 11 is 0. The summed E-state index contributed by atoms with van der Waals surface area (Å²) in [4.78, 5) is 15.9. The topological polar surface area (TPSA) is 43.8 Å². The fraction of sp³-hybridized carbons (Fsp3) is 0.632. The van der Waals surface area contributed by atoms with E-state index in [1.54, 1.807) is 0 Å². The standard InChI is InChI=1S/C19H28N2O2/c1-15(17-6-3-2-4-7-17)21(12-16-9-10-16)14-18(22)13-20-11-5-8-19(20)23/h2-4,6-7,15-16,18,22H,5,8-14H2,1H3. The Morgan fingerprint density at radius 3 is 2.65 bits per heavy atom. The molecule has 1 saturated heterocycles. The summed E-state index contributed by atoms with van der Waals surface area (Å²) in [7, 11) is 0. The van der Waals surface area contributed by atoms with Gasteiger partial charge in [-0.2, -0.15) is 0 Å². The Bertz CT molecular complexity index is 515. The molecule has 1 aliphatic carbocycles. The van der Waals surface area contributed by atoms with Gasteiger partial charge in [-0.3, -0.25) is 9.69 Å². The van der Waals surface area contributed by atoms with Gasteiger partial charge >= 0.3 is 0 Å². The summed E-state index contributed by atoms with van der Waals surface area (Å²) < 4.78 is 0. The molecule has 2 atom stereocenters. The van der Waals surface area contributed by atoms with Gasteiger partial charge in [0.25, 0.3) is 0 Å². The number of hydrogen-bond donors (Lipinski definition) is 1. The first-order chi connectivity index (χ1) is 11.1. The SMILES string of the molecule is CC(c1ccccc1)N(CC(O)CN1CCCC1=O)CC1CC1. The first-order valence-electron chi connectivity index (χ1n) is 8.88. The van der Waals surface area contributed by atoms with Crippen LogP contribution in [-0.2, 0) is 4.79 Å². The van der Waals surface area contributed by atoms with E-state index in [1.807, 2.05) is 11.0 Å². The van der Waals surface area contributed by atoms with Crippen molar-refractivity contribution in [3.8, 4) is 0 Å². The highest BCUT2D eigenvalue weighted by molar-refractivity contribution is 5.78. The fourth-order valence-corrected chi connectivity index (χ4v) is 3.45. The summed E-state index contributed by atoms with van der Waals surface area (Å²) in [5.74, 6) is 0.968. The van der Waals surface area contributed by atoms with Crippen LogP contribution in [0.2, 0.25) is 0 Å². The number of benzene rings is 1.